The van der Waals surface area contributed by atoms with Crippen LogP contribution in [0.25, 0.3) is 11.0 Å². The average molecular weight is 409 g/mol. The first kappa shape index (κ1) is 20.2. The summed E-state index contributed by atoms with van der Waals surface area (Å²) < 4.78 is 3.40. The van der Waals surface area contributed by atoms with E-state index in [0.29, 0.717) is 5.92 Å². The van der Waals surface area contributed by atoms with Crippen LogP contribution in [0.1, 0.15) is 45.9 Å². The molecule has 0 spiro atoms. The Morgan fingerprint density at radius 1 is 1.13 bits per heavy atom. The van der Waals surface area contributed by atoms with Crippen molar-refractivity contribution in [3.05, 3.63) is 57.1 Å². The normalized spacial score (nSPS) is 15.7. The van der Waals surface area contributed by atoms with Gasteiger partial charge in [-0.25, -0.2) is 9.78 Å². The van der Waals surface area contributed by atoms with Crippen LogP contribution in [0.3, 0.4) is 0 Å². The highest BCUT2D eigenvalue weighted by molar-refractivity contribution is 5.97. The fourth-order valence-corrected chi connectivity index (χ4v) is 4.42. The first-order valence-electron chi connectivity index (χ1n) is 10.2. The summed E-state index contributed by atoms with van der Waals surface area (Å²) in [6, 6.07) is 7.79. The van der Waals surface area contributed by atoms with Crippen LogP contribution in [0.2, 0.25) is 0 Å². The lowest BCUT2D eigenvalue weighted by atomic mass is 9.92. The van der Waals surface area contributed by atoms with Gasteiger partial charge in [-0.3, -0.25) is 18.8 Å². The van der Waals surface area contributed by atoms with Crippen LogP contribution in [-0.4, -0.2) is 38.0 Å². The standard InChI is InChI=1S/C22H28N6O2/c1-13-10-18-19(27(3)22(30)26(18)2)11-15(13)12-28-8-6-14(7-9-28)17-5-4-16(21(24)29)20(23)25-17/h4-5,10-11,14H,6-9,12H2,1-3H3,(H2,23,25)(H2,24,29). The Morgan fingerprint density at radius 2 is 1.77 bits per heavy atom. The number of rotatable bonds is 4. The Kier molecular flexibility index (Phi) is 5.11. The van der Waals surface area contributed by atoms with Crippen molar-refractivity contribution < 1.29 is 4.79 Å². The highest BCUT2D eigenvalue weighted by Crippen LogP contribution is 2.29. The molecular formula is C22H28N6O2. The number of amides is 1. The summed E-state index contributed by atoms with van der Waals surface area (Å²) in [6.45, 7) is 4.86. The summed E-state index contributed by atoms with van der Waals surface area (Å²) in [7, 11) is 3.63. The number of nitrogen functional groups attached to an aromatic ring is 1. The summed E-state index contributed by atoms with van der Waals surface area (Å²) >= 11 is 0. The molecule has 1 saturated heterocycles. The van der Waals surface area contributed by atoms with Crippen molar-refractivity contribution in [2.45, 2.75) is 32.2 Å². The van der Waals surface area contributed by atoms with Gasteiger partial charge in [0, 0.05) is 32.3 Å². The summed E-state index contributed by atoms with van der Waals surface area (Å²) in [5.41, 5.74) is 16.8. The molecule has 0 radical (unpaired) electrons. The van der Waals surface area contributed by atoms with Crippen molar-refractivity contribution in [2.75, 3.05) is 18.8 Å². The largest absolute Gasteiger partial charge is 0.383 e. The van der Waals surface area contributed by atoms with Crippen molar-refractivity contribution in [3.8, 4) is 0 Å². The topological polar surface area (TPSA) is 112 Å². The van der Waals surface area contributed by atoms with Crippen molar-refractivity contribution >= 4 is 22.8 Å². The van der Waals surface area contributed by atoms with E-state index in [1.54, 1.807) is 15.2 Å². The zero-order valence-corrected chi connectivity index (χ0v) is 17.7. The third kappa shape index (κ3) is 3.47. The molecule has 0 unspecified atom stereocenters. The molecule has 0 aliphatic carbocycles. The lowest BCUT2D eigenvalue weighted by Gasteiger charge is -2.32. The maximum Gasteiger partial charge on any atom is 0.328 e. The Labute approximate surface area is 175 Å². The molecule has 8 heteroatoms. The Hall–Kier alpha value is -3.13. The van der Waals surface area contributed by atoms with E-state index in [1.165, 1.54) is 11.1 Å². The third-order valence-corrected chi connectivity index (χ3v) is 6.34. The van der Waals surface area contributed by atoms with Crippen LogP contribution in [0.4, 0.5) is 5.82 Å². The molecule has 0 saturated carbocycles. The Balaban J connectivity index is 1.47. The van der Waals surface area contributed by atoms with Crippen LogP contribution < -0.4 is 17.2 Å². The highest BCUT2D eigenvalue weighted by atomic mass is 16.2. The zero-order valence-electron chi connectivity index (χ0n) is 17.7. The van der Waals surface area contributed by atoms with E-state index in [9.17, 15) is 9.59 Å². The maximum atomic E-state index is 12.2. The molecule has 3 heterocycles. The van der Waals surface area contributed by atoms with Gasteiger partial charge in [0.05, 0.1) is 16.6 Å². The Bertz CT molecular complexity index is 1180. The Morgan fingerprint density at radius 3 is 2.37 bits per heavy atom. The van der Waals surface area contributed by atoms with Gasteiger partial charge in [-0.2, -0.15) is 0 Å². The predicted molar refractivity (Wildman–Crippen MR) is 117 cm³/mol. The molecule has 1 amide bonds. The lowest BCUT2D eigenvalue weighted by Crippen LogP contribution is -2.33. The summed E-state index contributed by atoms with van der Waals surface area (Å²) in [5.74, 6) is -0.0200. The first-order valence-corrected chi connectivity index (χ1v) is 10.2. The van der Waals surface area contributed by atoms with Gasteiger partial charge in [0.15, 0.2) is 0 Å². The minimum Gasteiger partial charge on any atom is -0.383 e. The number of benzene rings is 1. The van der Waals surface area contributed by atoms with E-state index >= 15 is 0 Å². The van der Waals surface area contributed by atoms with Gasteiger partial charge in [-0.15, -0.1) is 0 Å². The molecule has 158 valence electrons. The number of fused-ring (bicyclic) bond motifs is 1. The molecule has 1 fully saturated rings. The molecule has 4 rings (SSSR count). The highest BCUT2D eigenvalue weighted by Gasteiger charge is 2.23. The van der Waals surface area contributed by atoms with Gasteiger partial charge in [0.1, 0.15) is 5.82 Å². The van der Waals surface area contributed by atoms with Gasteiger partial charge in [-0.1, -0.05) is 0 Å². The minimum absolute atomic E-state index is 0.00325. The number of aryl methyl sites for hydroxylation is 3. The second-order valence-electron chi connectivity index (χ2n) is 8.25. The molecule has 1 aliphatic heterocycles. The van der Waals surface area contributed by atoms with E-state index < -0.39 is 5.91 Å². The zero-order chi connectivity index (χ0) is 21.6. The lowest BCUT2D eigenvalue weighted by molar-refractivity contribution is 0.100. The van der Waals surface area contributed by atoms with Crippen LogP contribution in [0.5, 0.6) is 0 Å². The van der Waals surface area contributed by atoms with Crippen molar-refractivity contribution in [3.63, 3.8) is 0 Å². The molecule has 0 atom stereocenters. The molecule has 0 bridgehead atoms. The monoisotopic (exact) mass is 408 g/mol. The number of piperidine rings is 1. The van der Waals surface area contributed by atoms with Crippen molar-refractivity contribution in [1.82, 2.24) is 19.0 Å². The van der Waals surface area contributed by atoms with Gasteiger partial charge in [-0.05, 0) is 68.2 Å². The molecular weight excluding hydrogens is 380 g/mol. The number of anilines is 1. The summed E-state index contributed by atoms with van der Waals surface area (Å²) in [6.07, 6.45) is 1.96. The van der Waals surface area contributed by atoms with Crippen LogP contribution >= 0.6 is 0 Å². The smallest absolute Gasteiger partial charge is 0.328 e. The number of imidazole rings is 1. The van der Waals surface area contributed by atoms with E-state index in [1.807, 2.05) is 20.2 Å². The van der Waals surface area contributed by atoms with Gasteiger partial charge >= 0.3 is 5.69 Å². The summed E-state index contributed by atoms with van der Waals surface area (Å²) in [5, 5.41) is 0. The van der Waals surface area contributed by atoms with Crippen molar-refractivity contribution in [1.29, 1.82) is 0 Å². The van der Waals surface area contributed by atoms with Gasteiger partial charge < -0.3 is 11.5 Å². The number of nitrogens with zero attached hydrogens (tertiary/aromatic N) is 4. The number of hydrogen-bond acceptors (Lipinski definition) is 5. The predicted octanol–water partition coefficient (Wildman–Crippen LogP) is 1.64. The fraction of sp³-hybridized carbons (Fsp3) is 0.409. The second-order valence-corrected chi connectivity index (χ2v) is 8.25. The number of primary amides is 1. The summed E-state index contributed by atoms with van der Waals surface area (Å²) in [4.78, 5) is 30.4. The first-order chi connectivity index (χ1) is 14.3. The van der Waals surface area contributed by atoms with Crippen LogP contribution in [0.15, 0.2) is 29.1 Å². The molecule has 1 aromatic carbocycles. The molecule has 30 heavy (non-hydrogen) atoms. The molecule has 8 nitrogen and oxygen atoms in total. The maximum absolute atomic E-state index is 12.2. The van der Waals surface area contributed by atoms with E-state index in [4.69, 9.17) is 11.5 Å². The SMILES string of the molecule is Cc1cc2c(cc1CN1CCC(c3ccc(C(N)=O)c(N)n3)CC1)n(C)c(=O)n2C. The van der Waals surface area contributed by atoms with Crippen LogP contribution in [0, 0.1) is 6.92 Å². The van der Waals surface area contributed by atoms with E-state index in [2.05, 4.69) is 28.9 Å². The van der Waals surface area contributed by atoms with Gasteiger partial charge in [0.25, 0.3) is 5.91 Å². The number of likely N-dealkylation sites (tertiary alicyclic amines) is 1. The quantitative estimate of drug-likeness (QED) is 0.682. The van der Waals surface area contributed by atoms with Crippen molar-refractivity contribution in [2.24, 2.45) is 19.8 Å². The molecule has 2 aromatic heterocycles. The number of aromatic nitrogens is 3. The van der Waals surface area contributed by atoms with E-state index in [0.717, 1.165) is 49.2 Å². The third-order valence-electron chi connectivity index (χ3n) is 6.34. The number of carbonyl (C=O) groups excluding carboxylic acids is 1. The number of pyridine rings is 1. The van der Waals surface area contributed by atoms with E-state index in [-0.39, 0.29) is 17.1 Å². The number of hydrogen-bond donors (Lipinski definition) is 2. The van der Waals surface area contributed by atoms with Gasteiger partial charge in [0.2, 0.25) is 0 Å². The molecule has 1 aliphatic rings. The average Bonchev–Trinajstić information content (AvgIpc) is 2.92. The number of nitrogens with two attached hydrogens (primary N) is 2. The number of carbonyl (C=O) groups is 1. The second kappa shape index (κ2) is 7.60. The molecule has 4 N–H and O–H groups in total. The molecule has 3 aromatic rings. The fourth-order valence-electron chi connectivity index (χ4n) is 4.42. The van der Waals surface area contributed by atoms with Crippen LogP contribution in [-0.2, 0) is 20.6 Å². The minimum atomic E-state index is -0.551.